The van der Waals surface area contributed by atoms with E-state index in [0.29, 0.717) is 22.9 Å². The number of amides is 1. The second-order valence-corrected chi connectivity index (χ2v) is 6.56. The number of aromatic nitrogens is 1. The Labute approximate surface area is 174 Å². The summed E-state index contributed by atoms with van der Waals surface area (Å²) in [5, 5.41) is 2.92. The van der Waals surface area contributed by atoms with Gasteiger partial charge in [-0.05, 0) is 60.2 Å². The van der Waals surface area contributed by atoms with Gasteiger partial charge in [-0.15, -0.1) is 0 Å². The number of ether oxygens (including phenoxy) is 2. The summed E-state index contributed by atoms with van der Waals surface area (Å²) in [5.74, 6) is 1.83. The molecule has 5 heteroatoms. The second-order valence-electron chi connectivity index (χ2n) is 6.56. The van der Waals surface area contributed by atoms with Crippen molar-refractivity contribution in [3.8, 4) is 28.5 Å². The second kappa shape index (κ2) is 8.92. The minimum Gasteiger partial charge on any atom is -0.481 e. The van der Waals surface area contributed by atoms with Crippen LogP contribution in [0.1, 0.15) is 10.4 Å². The molecule has 4 rings (SSSR count). The molecule has 0 unspecified atom stereocenters. The number of anilines is 1. The van der Waals surface area contributed by atoms with E-state index in [1.54, 1.807) is 25.4 Å². The van der Waals surface area contributed by atoms with E-state index in [-0.39, 0.29) is 5.91 Å². The quantitative estimate of drug-likeness (QED) is 0.447. The summed E-state index contributed by atoms with van der Waals surface area (Å²) < 4.78 is 10.9. The predicted molar refractivity (Wildman–Crippen MR) is 117 cm³/mol. The van der Waals surface area contributed by atoms with Crippen molar-refractivity contribution >= 4 is 11.6 Å². The third kappa shape index (κ3) is 4.64. The number of methoxy groups -OCH3 is 1. The minimum atomic E-state index is -0.185. The Hall–Kier alpha value is -4.12. The van der Waals surface area contributed by atoms with Crippen LogP contribution in [0.5, 0.6) is 17.4 Å². The van der Waals surface area contributed by atoms with Gasteiger partial charge in [-0.3, -0.25) is 4.79 Å². The fraction of sp³-hybridized carbons (Fsp3) is 0.0400. The molecule has 0 spiro atoms. The van der Waals surface area contributed by atoms with Crippen molar-refractivity contribution in [3.63, 3.8) is 0 Å². The van der Waals surface area contributed by atoms with E-state index < -0.39 is 0 Å². The number of nitrogens with zero attached hydrogens (tertiary/aromatic N) is 1. The highest BCUT2D eigenvalue weighted by Gasteiger charge is 2.09. The van der Waals surface area contributed by atoms with Crippen LogP contribution in [0, 0.1) is 0 Å². The van der Waals surface area contributed by atoms with Crippen LogP contribution < -0.4 is 14.8 Å². The van der Waals surface area contributed by atoms with Crippen LogP contribution in [-0.2, 0) is 0 Å². The Morgan fingerprint density at radius 3 is 2.27 bits per heavy atom. The van der Waals surface area contributed by atoms with Crippen molar-refractivity contribution in [1.82, 2.24) is 4.98 Å². The number of nitrogens with one attached hydrogen (secondary N) is 1. The molecule has 5 nitrogen and oxygen atoms in total. The molecule has 0 aliphatic heterocycles. The van der Waals surface area contributed by atoms with Gasteiger partial charge in [0.1, 0.15) is 11.5 Å². The lowest BCUT2D eigenvalue weighted by atomic mass is 10.0. The molecule has 0 atom stereocenters. The first-order valence-electron chi connectivity index (χ1n) is 9.46. The fourth-order valence-corrected chi connectivity index (χ4v) is 2.95. The lowest BCUT2D eigenvalue weighted by Gasteiger charge is -2.09. The van der Waals surface area contributed by atoms with Crippen LogP contribution in [0.3, 0.4) is 0 Å². The first-order chi connectivity index (χ1) is 14.7. The van der Waals surface area contributed by atoms with Gasteiger partial charge in [-0.1, -0.05) is 30.3 Å². The highest BCUT2D eigenvalue weighted by atomic mass is 16.5. The number of hydrogen-bond acceptors (Lipinski definition) is 4. The third-order valence-electron chi connectivity index (χ3n) is 4.49. The molecule has 0 fully saturated rings. The zero-order chi connectivity index (χ0) is 20.8. The number of hydrogen-bond donors (Lipinski definition) is 1. The van der Waals surface area contributed by atoms with E-state index in [1.165, 1.54) is 0 Å². The van der Waals surface area contributed by atoms with Crippen molar-refractivity contribution in [2.75, 3.05) is 12.4 Å². The van der Waals surface area contributed by atoms with Crippen LogP contribution in [0.2, 0.25) is 0 Å². The van der Waals surface area contributed by atoms with E-state index in [0.717, 1.165) is 16.9 Å². The number of rotatable bonds is 6. The molecule has 1 N–H and O–H groups in total. The van der Waals surface area contributed by atoms with Gasteiger partial charge in [0.05, 0.1) is 7.11 Å². The first kappa shape index (κ1) is 19.2. The van der Waals surface area contributed by atoms with E-state index in [9.17, 15) is 4.79 Å². The maximum Gasteiger partial charge on any atom is 0.255 e. The summed E-state index contributed by atoms with van der Waals surface area (Å²) in [6.45, 7) is 0. The SMILES string of the molecule is COc1ccc(-c2cccc(C(=O)Nc3ccc(Oc4ccccc4)cc3)c2)cn1. The molecule has 4 aromatic rings. The molecule has 1 heterocycles. The standard InChI is InChI=1S/C25H20N2O3/c1-29-24-15-10-20(17-26-24)18-6-5-7-19(16-18)25(28)27-21-11-13-23(14-12-21)30-22-8-3-2-4-9-22/h2-17H,1H3,(H,27,28). The summed E-state index contributed by atoms with van der Waals surface area (Å²) >= 11 is 0. The smallest absolute Gasteiger partial charge is 0.255 e. The van der Waals surface area contributed by atoms with Gasteiger partial charge >= 0.3 is 0 Å². The molecule has 148 valence electrons. The van der Waals surface area contributed by atoms with E-state index in [2.05, 4.69) is 10.3 Å². The molecule has 0 saturated carbocycles. The van der Waals surface area contributed by atoms with Crippen molar-refractivity contribution in [2.24, 2.45) is 0 Å². The molecule has 0 aliphatic carbocycles. The highest BCUT2D eigenvalue weighted by molar-refractivity contribution is 6.05. The summed E-state index contributed by atoms with van der Waals surface area (Å²) in [7, 11) is 1.58. The van der Waals surface area contributed by atoms with Gasteiger partial charge in [0, 0.05) is 29.1 Å². The molecular weight excluding hydrogens is 376 g/mol. The average molecular weight is 396 g/mol. The minimum absolute atomic E-state index is 0.185. The lowest BCUT2D eigenvalue weighted by molar-refractivity contribution is 0.102. The molecule has 3 aromatic carbocycles. The number of benzene rings is 3. The zero-order valence-corrected chi connectivity index (χ0v) is 16.4. The molecule has 0 bridgehead atoms. The van der Waals surface area contributed by atoms with E-state index in [4.69, 9.17) is 9.47 Å². The van der Waals surface area contributed by atoms with Gasteiger partial charge < -0.3 is 14.8 Å². The molecular formula is C25H20N2O3. The average Bonchev–Trinajstić information content (AvgIpc) is 2.81. The van der Waals surface area contributed by atoms with Crippen LogP contribution >= 0.6 is 0 Å². The highest BCUT2D eigenvalue weighted by Crippen LogP contribution is 2.24. The van der Waals surface area contributed by atoms with Gasteiger partial charge in [0.25, 0.3) is 5.91 Å². The van der Waals surface area contributed by atoms with E-state index >= 15 is 0 Å². The Kier molecular flexibility index (Phi) is 5.71. The monoisotopic (exact) mass is 396 g/mol. The van der Waals surface area contributed by atoms with Crippen molar-refractivity contribution in [3.05, 3.63) is 103 Å². The summed E-state index contributed by atoms with van der Waals surface area (Å²) in [4.78, 5) is 16.9. The van der Waals surface area contributed by atoms with Crippen LogP contribution in [0.4, 0.5) is 5.69 Å². The summed E-state index contributed by atoms with van der Waals surface area (Å²) in [6, 6.07) is 27.9. The van der Waals surface area contributed by atoms with Gasteiger partial charge in [-0.2, -0.15) is 0 Å². The molecule has 0 saturated heterocycles. The maximum absolute atomic E-state index is 12.7. The topological polar surface area (TPSA) is 60.5 Å². The fourth-order valence-electron chi connectivity index (χ4n) is 2.95. The first-order valence-corrected chi connectivity index (χ1v) is 9.46. The maximum atomic E-state index is 12.7. The van der Waals surface area contributed by atoms with Gasteiger partial charge in [-0.25, -0.2) is 4.98 Å². The summed E-state index contributed by atoms with van der Waals surface area (Å²) in [5.41, 5.74) is 3.07. The molecule has 0 radical (unpaired) electrons. The van der Waals surface area contributed by atoms with Crippen molar-refractivity contribution in [1.29, 1.82) is 0 Å². The Bertz CT molecular complexity index is 1130. The molecule has 30 heavy (non-hydrogen) atoms. The number of pyridine rings is 1. The lowest BCUT2D eigenvalue weighted by Crippen LogP contribution is -2.11. The molecule has 1 amide bonds. The van der Waals surface area contributed by atoms with Crippen molar-refractivity contribution < 1.29 is 14.3 Å². The zero-order valence-electron chi connectivity index (χ0n) is 16.4. The van der Waals surface area contributed by atoms with Crippen LogP contribution in [-0.4, -0.2) is 18.0 Å². The summed E-state index contributed by atoms with van der Waals surface area (Å²) in [6.07, 6.45) is 1.72. The van der Waals surface area contributed by atoms with Crippen LogP contribution in [0.15, 0.2) is 97.2 Å². The Morgan fingerprint density at radius 2 is 1.57 bits per heavy atom. The largest absolute Gasteiger partial charge is 0.481 e. The number of carbonyl (C=O) groups excluding carboxylic acids is 1. The van der Waals surface area contributed by atoms with Crippen molar-refractivity contribution in [2.45, 2.75) is 0 Å². The normalized spacial score (nSPS) is 10.3. The molecule has 1 aromatic heterocycles. The van der Waals surface area contributed by atoms with E-state index in [1.807, 2.05) is 78.9 Å². The van der Waals surface area contributed by atoms with Gasteiger partial charge in [0.2, 0.25) is 5.88 Å². The number of carbonyl (C=O) groups is 1. The molecule has 0 aliphatic rings. The Morgan fingerprint density at radius 1 is 0.800 bits per heavy atom. The Balaban J connectivity index is 1.44. The van der Waals surface area contributed by atoms with Gasteiger partial charge in [0.15, 0.2) is 0 Å². The third-order valence-corrected chi connectivity index (χ3v) is 4.49. The number of para-hydroxylation sites is 1. The predicted octanol–water partition coefficient (Wildman–Crippen LogP) is 5.80. The van der Waals surface area contributed by atoms with Crippen LogP contribution in [0.25, 0.3) is 11.1 Å².